The van der Waals surface area contributed by atoms with Crippen molar-refractivity contribution in [2.75, 3.05) is 0 Å². The van der Waals surface area contributed by atoms with Gasteiger partial charge in [-0.3, -0.25) is 19.3 Å². The van der Waals surface area contributed by atoms with E-state index in [1.807, 2.05) is 24.3 Å². The third-order valence-electron chi connectivity index (χ3n) is 7.17. The molecule has 6 rings (SSSR count). The molecule has 0 saturated carbocycles. The predicted octanol–water partition coefficient (Wildman–Crippen LogP) is 2.90. The molecule has 166 valence electrons. The van der Waals surface area contributed by atoms with E-state index in [1.54, 1.807) is 24.3 Å². The number of piperidine rings is 1. The Bertz CT molecular complexity index is 1320. The van der Waals surface area contributed by atoms with Gasteiger partial charge in [0.25, 0.3) is 11.8 Å². The maximum absolute atomic E-state index is 13.9. The average Bonchev–Trinajstić information content (AvgIpc) is 3.27. The second-order valence-electron chi connectivity index (χ2n) is 8.85. The molecule has 2 aromatic carbocycles. The minimum atomic E-state index is -1.11. The van der Waals surface area contributed by atoms with E-state index in [9.17, 15) is 24.3 Å². The Kier molecular flexibility index (Phi) is 4.20. The number of carboxylic acid groups (broad SMARTS) is 1. The van der Waals surface area contributed by atoms with Gasteiger partial charge in [-0.1, -0.05) is 30.3 Å². The van der Waals surface area contributed by atoms with Crippen molar-refractivity contribution < 1.29 is 24.3 Å². The summed E-state index contributed by atoms with van der Waals surface area (Å²) < 4.78 is 0. The molecule has 3 amide bonds. The van der Waals surface area contributed by atoms with Crippen molar-refractivity contribution in [1.82, 2.24) is 14.8 Å². The van der Waals surface area contributed by atoms with Crippen molar-refractivity contribution in [3.8, 4) is 0 Å². The highest BCUT2D eigenvalue weighted by Gasteiger charge is 2.50. The van der Waals surface area contributed by atoms with Crippen LogP contribution in [0.4, 0.5) is 0 Å². The number of nitrogens with one attached hydrogen (secondary N) is 1. The molecule has 0 bridgehead atoms. The SMILES string of the molecule is O=C(O)[C@@H]1CCC[C@@H]2c3[nH]c4ccccc4c3C[C@H](N3C(=O)c4ccccc4C3=O)C(=O)N21. The highest BCUT2D eigenvalue weighted by molar-refractivity contribution is 6.23. The van der Waals surface area contributed by atoms with E-state index in [0.717, 1.165) is 27.1 Å². The van der Waals surface area contributed by atoms with Crippen LogP contribution >= 0.6 is 0 Å². The largest absolute Gasteiger partial charge is 0.480 e. The van der Waals surface area contributed by atoms with Crippen LogP contribution < -0.4 is 0 Å². The number of nitrogens with zero attached hydrogens (tertiary/aromatic N) is 2. The number of aliphatic carboxylic acids is 1. The van der Waals surface area contributed by atoms with Gasteiger partial charge in [0.15, 0.2) is 0 Å². The van der Waals surface area contributed by atoms with Crippen LogP contribution in [0.15, 0.2) is 48.5 Å². The number of fused-ring (bicyclic) bond motifs is 6. The van der Waals surface area contributed by atoms with Crippen LogP contribution in [-0.4, -0.2) is 55.7 Å². The number of benzene rings is 2. The fourth-order valence-electron chi connectivity index (χ4n) is 5.70. The molecule has 0 unspecified atom stereocenters. The molecule has 8 nitrogen and oxygen atoms in total. The van der Waals surface area contributed by atoms with Crippen LogP contribution in [0, 0.1) is 0 Å². The lowest BCUT2D eigenvalue weighted by Crippen LogP contribution is -2.56. The van der Waals surface area contributed by atoms with E-state index in [4.69, 9.17) is 0 Å². The Morgan fingerprint density at radius 2 is 1.58 bits per heavy atom. The number of aromatic amines is 1. The zero-order valence-corrected chi connectivity index (χ0v) is 17.7. The number of carbonyl (C=O) groups excluding carboxylic acids is 3. The summed E-state index contributed by atoms with van der Waals surface area (Å²) in [6, 6.07) is 11.6. The molecule has 2 N–H and O–H groups in total. The Hall–Kier alpha value is -3.94. The monoisotopic (exact) mass is 443 g/mol. The summed E-state index contributed by atoms with van der Waals surface area (Å²) in [4.78, 5) is 58.4. The van der Waals surface area contributed by atoms with Crippen LogP contribution in [-0.2, 0) is 16.0 Å². The molecule has 33 heavy (non-hydrogen) atoms. The van der Waals surface area contributed by atoms with Gasteiger partial charge in [0.1, 0.15) is 12.1 Å². The Labute approximate surface area is 188 Å². The number of carboxylic acids is 1. The standard InChI is InChI=1S/C25H21N3O5/c29-22-14-7-1-2-8-15(14)23(30)28(22)20-12-16-13-6-3-4-9-17(13)26-21(16)18-10-5-11-19(25(32)33)27(18)24(20)31/h1-4,6-9,18-20,26H,5,10-12H2,(H,32,33)/t18-,19+,20+/m1/s1. The quantitative estimate of drug-likeness (QED) is 0.592. The summed E-state index contributed by atoms with van der Waals surface area (Å²) in [7, 11) is 0. The van der Waals surface area contributed by atoms with Gasteiger partial charge in [-0.2, -0.15) is 0 Å². The number of H-pyrrole nitrogens is 1. The van der Waals surface area contributed by atoms with Gasteiger partial charge in [0, 0.05) is 23.0 Å². The van der Waals surface area contributed by atoms with Crippen molar-refractivity contribution in [3.05, 3.63) is 70.9 Å². The van der Waals surface area contributed by atoms with E-state index in [-0.39, 0.29) is 17.5 Å². The number of para-hydroxylation sites is 1. The molecule has 3 aliphatic rings. The number of imide groups is 1. The summed E-state index contributed by atoms with van der Waals surface area (Å²) in [5.41, 5.74) is 3.08. The summed E-state index contributed by atoms with van der Waals surface area (Å²) in [6.07, 6.45) is 1.76. The van der Waals surface area contributed by atoms with Crippen molar-refractivity contribution in [1.29, 1.82) is 0 Å². The molecule has 3 aromatic rings. The van der Waals surface area contributed by atoms with Crippen molar-refractivity contribution >= 4 is 34.6 Å². The summed E-state index contributed by atoms with van der Waals surface area (Å²) in [6.45, 7) is 0. The van der Waals surface area contributed by atoms with E-state index < -0.39 is 41.8 Å². The summed E-state index contributed by atoms with van der Waals surface area (Å²) in [5.74, 6) is -2.60. The number of hydrogen-bond acceptors (Lipinski definition) is 4. The second-order valence-corrected chi connectivity index (χ2v) is 8.85. The number of amides is 3. The predicted molar refractivity (Wildman–Crippen MR) is 118 cm³/mol. The molecule has 4 heterocycles. The highest BCUT2D eigenvalue weighted by Crippen LogP contribution is 2.43. The molecule has 1 saturated heterocycles. The van der Waals surface area contributed by atoms with E-state index in [1.165, 1.54) is 4.90 Å². The first kappa shape index (κ1) is 19.7. The number of aromatic nitrogens is 1. The Balaban J connectivity index is 1.54. The minimum Gasteiger partial charge on any atom is -0.480 e. The maximum atomic E-state index is 13.9. The maximum Gasteiger partial charge on any atom is 0.326 e. The van der Waals surface area contributed by atoms with E-state index >= 15 is 0 Å². The normalized spacial score (nSPS) is 24.5. The summed E-state index contributed by atoms with van der Waals surface area (Å²) >= 11 is 0. The zero-order valence-electron chi connectivity index (χ0n) is 17.7. The van der Waals surface area contributed by atoms with Crippen LogP contribution in [0.25, 0.3) is 10.9 Å². The average molecular weight is 443 g/mol. The van der Waals surface area contributed by atoms with E-state index in [2.05, 4.69) is 4.98 Å². The highest BCUT2D eigenvalue weighted by atomic mass is 16.4. The van der Waals surface area contributed by atoms with Crippen LogP contribution in [0.3, 0.4) is 0 Å². The van der Waals surface area contributed by atoms with Crippen molar-refractivity contribution in [2.24, 2.45) is 0 Å². The number of carbonyl (C=O) groups is 4. The van der Waals surface area contributed by atoms with Crippen molar-refractivity contribution in [3.63, 3.8) is 0 Å². The van der Waals surface area contributed by atoms with Crippen LogP contribution in [0.1, 0.15) is 57.3 Å². The van der Waals surface area contributed by atoms with Gasteiger partial charge in [-0.15, -0.1) is 0 Å². The third-order valence-corrected chi connectivity index (χ3v) is 7.17. The lowest BCUT2D eigenvalue weighted by atomic mass is 9.92. The third kappa shape index (κ3) is 2.70. The molecule has 1 aromatic heterocycles. The van der Waals surface area contributed by atoms with Crippen LogP contribution in [0.2, 0.25) is 0 Å². The molecular weight excluding hydrogens is 422 g/mol. The van der Waals surface area contributed by atoms with Gasteiger partial charge in [0.2, 0.25) is 5.91 Å². The molecule has 3 atom stereocenters. The number of rotatable bonds is 2. The van der Waals surface area contributed by atoms with Crippen molar-refractivity contribution in [2.45, 2.75) is 43.8 Å². The fourth-order valence-corrected chi connectivity index (χ4v) is 5.70. The second kappa shape index (κ2) is 7.03. The zero-order chi connectivity index (χ0) is 22.9. The van der Waals surface area contributed by atoms with Gasteiger partial charge in [-0.05, 0) is 43.0 Å². The molecular formula is C25H21N3O5. The van der Waals surface area contributed by atoms with Gasteiger partial charge in [-0.25, -0.2) is 4.79 Å². The topological polar surface area (TPSA) is 111 Å². The molecule has 0 aliphatic carbocycles. The lowest BCUT2D eigenvalue weighted by Gasteiger charge is -2.40. The minimum absolute atomic E-state index is 0.142. The van der Waals surface area contributed by atoms with Gasteiger partial charge < -0.3 is 15.0 Å². The first-order chi connectivity index (χ1) is 16.0. The molecule has 0 radical (unpaired) electrons. The fraction of sp³-hybridized carbons (Fsp3) is 0.280. The van der Waals surface area contributed by atoms with Crippen LogP contribution in [0.5, 0.6) is 0 Å². The first-order valence-corrected chi connectivity index (χ1v) is 11.1. The molecule has 8 heteroatoms. The smallest absolute Gasteiger partial charge is 0.326 e. The Morgan fingerprint density at radius 1 is 0.909 bits per heavy atom. The first-order valence-electron chi connectivity index (χ1n) is 11.1. The molecule has 1 fully saturated rings. The lowest BCUT2D eigenvalue weighted by molar-refractivity contribution is -0.156. The summed E-state index contributed by atoms with van der Waals surface area (Å²) in [5, 5.41) is 10.8. The van der Waals surface area contributed by atoms with Gasteiger partial charge >= 0.3 is 5.97 Å². The molecule has 0 spiro atoms. The Morgan fingerprint density at radius 3 is 2.27 bits per heavy atom. The van der Waals surface area contributed by atoms with E-state index in [0.29, 0.717) is 19.3 Å². The number of hydrogen-bond donors (Lipinski definition) is 2. The molecule has 3 aliphatic heterocycles. The van der Waals surface area contributed by atoms with Gasteiger partial charge in [0.05, 0.1) is 17.2 Å².